The van der Waals surface area contributed by atoms with Crippen LogP contribution >= 0.6 is 11.9 Å². The molecule has 1 heterocycles. The highest BCUT2D eigenvalue weighted by molar-refractivity contribution is 7.97. The van der Waals surface area contributed by atoms with E-state index in [0.717, 1.165) is 47.8 Å². The van der Waals surface area contributed by atoms with Gasteiger partial charge in [-0.3, -0.25) is 19.3 Å². The van der Waals surface area contributed by atoms with Crippen molar-refractivity contribution in [3.63, 3.8) is 0 Å². The highest BCUT2D eigenvalue weighted by Crippen LogP contribution is 2.33. The number of nitrogens with zero attached hydrogens (tertiary/aromatic N) is 2. The summed E-state index contributed by atoms with van der Waals surface area (Å²) in [6.07, 6.45) is -1.57. The molecule has 0 saturated heterocycles. The summed E-state index contributed by atoms with van der Waals surface area (Å²) in [5.41, 5.74) is 3.89. The number of nitrogens with one attached hydrogen (secondary N) is 3. The number of benzene rings is 4. The number of rotatable bonds is 28. The number of alkyl halides is 3. The van der Waals surface area contributed by atoms with Crippen molar-refractivity contribution in [3.8, 4) is 11.3 Å². The van der Waals surface area contributed by atoms with Gasteiger partial charge >= 0.3 is 12.1 Å². The van der Waals surface area contributed by atoms with Gasteiger partial charge in [0, 0.05) is 66.3 Å². The second-order valence-corrected chi connectivity index (χ2v) is 15.7. The fourth-order valence-corrected chi connectivity index (χ4v) is 7.33. The van der Waals surface area contributed by atoms with Gasteiger partial charge < -0.3 is 39.6 Å². The van der Waals surface area contributed by atoms with Gasteiger partial charge in [-0.15, -0.1) is 0 Å². The summed E-state index contributed by atoms with van der Waals surface area (Å²) in [6, 6.07) is 27.7. The van der Waals surface area contributed by atoms with Crippen molar-refractivity contribution in [3.05, 3.63) is 143 Å². The van der Waals surface area contributed by atoms with Gasteiger partial charge in [0.2, 0.25) is 0 Å². The maximum Gasteiger partial charge on any atom is 0.416 e. The zero-order valence-corrected chi connectivity index (χ0v) is 37.8. The summed E-state index contributed by atoms with van der Waals surface area (Å²) in [5.74, 6) is -1.76. The molecule has 0 unspecified atom stereocenters. The second-order valence-electron chi connectivity index (χ2n) is 14.7. The van der Waals surface area contributed by atoms with Crippen LogP contribution in [0.5, 0.6) is 0 Å². The molecular weight excluding hydrogens is 876 g/mol. The van der Waals surface area contributed by atoms with E-state index in [1.807, 2.05) is 56.3 Å². The highest BCUT2D eigenvalue weighted by Gasteiger charge is 2.30. The normalized spacial score (nSPS) is 11.3. The van der Waals surface area contributed by atoms with Gasteiger partial charge in [-0.05, 0) is 123 Å². The lowest BCUT2D eigenvalue weighted by Crippen LogP contribution is -2.23. The molecule has 4 aromatic carbocycles. The Kier molecular flexibility index (Phi) is 20.9. The number of carboxylic acid groups (broad SMARTS) is 1. The molecular formula is C49H56F3N5O8S. The van der Waals surface area contributed by atoms with Crippen molar-refractivity contribution < 1.29 is 51.6 Å². The van der Waals surface area contributed by atoms with Gasteiger partial charge in [0.25, 0.3) is 11.8 Å². The molecule has 17 heteroatoms. The Morgan fingerprint density at radius 3 is 2.06 bits per heavy atom. The molecule has 0 aliphatic rings. The molecule has 66 heavy (non-hydrogen) atoms. The molecule has 13 nitrogen and oxygen atoms in total. The maximum atomic E-state index is 13.7. The Labute approximate surface area is 387 Å². The summed E-state index contributed by atoms with van der Waals surface area (Å²) >= 11 is 1.35. The standard InChI is InChI=1S/C49H56F3N5O8S/c1-3-57(4-2)41-16-17-44(43(33-41)45-32-38(18-19-53-45)46(58)54-34-36-10-6-14-40(30-36)49(50,51)52)56-47(59)37-12-5-9-35(29-37)11-8-21-62-23-25-64-27-28-65-26-24-63-22-20-55-66-42-15-7-13-39(31-42)48(60)61/h5-7,9-10,12-19,29-33,55H,3-4,8,11,20-28,34H2,1-2H3,(H,54,58)(H,56,59)(H,60,61). The maximum absolute atomic E-state index is 13.7. The van der Waals surface area contributed by atoms with E-state index in [4.69, 9.17) is 24.1 Å². The molecule has 1 aromatic heterocycles. The van der Waals surface area contributed by atoms with E-state index < -0.39 is 23.6 Å². The molecule has 0 aliphatic carbocycles. The van der Waals surface area contributed by atoms with Crippen molar-refractivity contribution in [2.24, 2.45) is 0 Å². The minimum Gasteiger partial charge on any atom is -0.478 e. The van der Waals surface area contributed by atoms with Crippen LogP contribution in [0.1, 0.15) is 68.0 Å². The quantitative estimate of drug-likeness (QED) is 0.0279. The predicted octanol–water partition coefficient (Wildman–Crippen LogP) is 8.79. The van der Waals surface area contributed by atoms with Gasteiger partial charge in [0.1, 0.15) is 0 Å². The van der Waals surface area contributed by atoms with Crippen LogP contribution in [0.2, 0.25) is 0 Å². The Morgan fingerprint density at radius 2 is 1.35 bits per heavy atom. The lowest BCUT2D eigenvalue weighted by molar-refractivity contribution is -0.137. The van der Waals surface area contributed by atoms with Crippen molar-refractivity contribution in [2.75, 3.05) is 82.7 Å². The zero-order valence-electron chi connectivity index (χ0n) is 37.0. The van der Waals surface area contributed by atoms with Gasteiger partial charge in [0.15, 0.2) is 0 Å². The summed E-state index contributed by atoms with van der Waals surface area (Å²) in [4.78, 5) is 45.5. The van der Waals surface area contributed by atoms with Crippen molar-refractivity contribution >= 4 is 41.1 Å². The number of pyridine rings is 1. The third-order valence-corrected chi connectivity index (χ3v) is 10.9. The molecule has 0 radical (unpaired) electrons. The van der Waals surface area contributed by atoms with Crippen LogP contribution < -0.4 is 20.3 Å². The molecule has 4 N–H and O–H groups in total. The number of carboxylic acids is 1. The minimum absolute atomic E-state index is 0.102. The number of aryl methyl sites for hydroxylation is 1. The van der Waals surface area contributed by atoms with E-state index >= 15 is 0 Å². The Bertz CT molecular complexity index is 2330. The molecule has 0 saturated carbocycles. The third kappa shape index (κ3) is 16.9. The first-order valence-electron chi connectivity index (χ1n) is 21.7. The Morgan fingerprint density at radius 1 is 0.697 bits per heavy atom. The van der Waals surface area contributed by atoms with Crippen LogP contribution in [0.25, 0.3) is 11.3 Å². The van der Waals surface area contributed by atoms with E-state index in [-0.39, 0.29) is 23.6 Å². The number of carbonyl (C=O) groups excluding carboxylic acids is 2. The van der Waals surface area contributed by atoms with Crippen LogP contribution in [-0.2, 0) is 38.1 Å². The van der Waals surface area contributed by atoms with Crippen LogP contribution in [0, 0.1) is 0 Å². The number of aromatic carboxylic acids is 1. The van der Waals surface area contributed by atoms with Crippen molar-refractivity contribution in [2.45, 2.75) is 44.3 Å². The Balaban J connectivity index is 1.02. The molecule has 5 rings (SSSR count). The number of anilines is 2. The van der Waals surface area contributed by atoms with E-state index in [1.165, 1.54) is 36.3 Å². The monoisotopic (exact) mass is 931 g/mol. The third-order valence-electron chi connectivity index (χ3n) is 10.1. The van der Waals surface area contributed by atoms with E-state index in [9.17, 15) is 27.6 Å². The number of hydrogen-bond donors (Lipinski definition) is 4. The van der Waals surface area contributed by atoms with Gasteiger partial charge in [-0.25, -0.2) is 4.79 Å². The van der Waals surface area contributed by atoms with Gasteiger partial charge in [-0.1, -0.05) is 30.3 Å². The molecule has 5 aromatic rings. The first kappa shape index (κ1) is 51.2. The number of ether oxygens (including phenoxy) is 4. The fourth-order valence-electron chi connectivity index (χ4n) is 6.64. The number of hydrogen-bond acceptors (Lipinski definition) is 11. The molecule has 2 amide bonds. The average Bonchev–Trinajstić information content (AvgIpc) is 3.32. The number of aromatic nitrogens is 1. The smallest absolute Gasteiger partial charge is 0.416 e. The second kappa shape index (κ2) is 27.0. The average molecular weight is 932 g/mol. The van der Waals surface area contributed by atoms with Crippen LogP contribution in [0.15, 0.2) is 114 Å². The number of amides is 2. The molecule has 0 bridgehead atoms. The highest BCUT2D eigenvalue weighted by atomic mass is 32.2. The summed E-state index contributed by atoms with van der Waals surface area (Å²) in [5, 5.41) is 14.8. The summed E-state index contributed by atoms with van der Waals surface area (Å²) < 4.78 is 65.3. The molecule has 352 valence electrons. The predicted molar refractivity (Wildman–Crippen MR) is 249 cm³/mol. The number of carbonyl (C=O) groups is 3. The zero-order chi connectivity index (χ0) is 47.2. The lowest BCUT2D eigenvalue weighted by atomic mass is 10.0. The van der Waals surface area contributed by atoms with Crippen LogP contribution in [0.3, 0.4) is 0 Å². The topological polar surface area (TPSA) is 161 Å². The van der Waals surface area contributed by atoms with Crippen molar-refractivity contribution in [1.29, 1.82) is 0 Å². The largest absolute Gasteiger partial charge is 0.478 e. The number of halogens is 3. The molecule has 0 spiro atoms. The first-order valence-corrected chi connectivity index (χ1v) is 22.5. The molecule has 0 aliphatic heterocycles. The summed E-state index contributed by atoms with van der Waals surface area (Å²) in [7, 11) is 0. The van der Waals surface area contributed by atoms with Crippen LogP contribution in [-0.4, -0.2) is 100 Å². The minimum atomic E-state index is -4.50. The van der Waals surface area contributed by atoms with Gasteiger partial charge in [-0.2, -0.15) is 13.2 Å². The molecule has 0 fully saturated rings. The SMILES string of the molecule is CCN(CC)c1ccc(NC(=O)c2cccc(CCCOCCOCCOCCOCCNSc3cccc(C(=O)O)c3)c2)c(-c2cc(C(=O)NCc3cccc(C(F)(F)F)c3)ccn2)c1. The Hall–Kier alpha value is -5.82. The van der Waals surface area contributed by atoms with E-state index in [2.05, 4.69) is 25.2 Å². The summed E-state index contributed by atoms with van der Waals surface area (Å²) in [6.45, 7) is 9.69. The van der Waals surface area contributed by atoms with Gasteiger partial charge in [0.05, 0.1) is 68.8 Å². The van der Waals surface area contributed by atoms with Crippen LogP contribution in [0.4, 0.5) is 24.5 Å². The lowest BCUT2D eigenvalue weighted by Gasteiger charge is -2.23. The molecule has 0 atom stereocenters. The van der Waals surface area contributed by atoms with E-state index in [1.54, 1.807) is 30.3 Å². The van der Waals surface area contributed by atoms with E-state index in [0.29, 0.717) is 93.9 Å². The first-order chi connectivity index (χ1) is 31.9. The fraction of sp³-hybridized carbons (Fsp3) is 0.347. The van der Waals surface area contributed by atoms with Crippen molar-refractivity contribution in [1.82, 2.24) is 15.0 Å².